The van der Waals surface area contributed by atoms with Crippen LogP contribution in [0.25, 0.3) is 0 Å². The summed E-state index contributed by atoms with van der Waals surface area (Å²) in [6, 6.07) is 0. The SMILES string of the molecule is C=C(C)Cc1cnnn1CCN(C)C. The summed E-state index contributed by atoms with van der Waals surface area (Å²) < 4.78 is 1.94. The third-order valence-corrected chi connectivity index (χ3v) is 1.94. The first kappa shape index (κ1) is 10.9. The molecule has 0 aliphatic carbocycles. The second kappa shape index (κ2) is 4.91. The molecule has 0 fully saturated rings. The Morgan fingerprint density at radius 1 is 1.57 bits per heavy atom. The third kappa shape index (κ3) is 3.30. The van der Waals surface area contributed by atoms with Crippen molar-refractivity contribution in [2.45, 2.75) is 19.9 Å². The number of allylic oxidation sites excluding steroid dienone is 1. The molecule has 0 atom stereocenters. The Balaban J connectivity index is 2.58. The normalized spacial score (nSPS) is 10.9. The first-order valence-electron chi connectivity index (χ1n) is 4.76. The van der Waals surface area contributed by atoms with Crippen LogP contribution in [0.2, 0.25) is 0 Å². The van der Waals surface area contributed by atoms with E-state index in [4.69, 9.17) is 0 Å². The molecule has 0 N–H and O–H groups in total. The van der Waals surface area contributed by atoms with Crippen LogP contribution in [0.3, 0.4) is 0 Å². The molecular formula is C10H18N4. The number of aromatic nitrogens is 3. The van der Waals surface area contributed by atoms with E-state index in [1.807, 2.05) is 17.8 Å². The van der Waals surface area contributed by atoms with E-state index in [0.717, 1.165) is 30.8 Å². The van der Waals surface area contributed by atoms with Crippen molar-refractivity contribution in [3.05, 3.63) is 24.0 Å². The highest BCUT2D eigenvalue weighted by atomic mass is 15.4. The molecule has 0 saturated heterocycles. The van der Waals surface area contributed by atoms with Gasteiger partial charge in [-0.15, -0.1) is 5.10 Å². The highest BCUT2D eigenvalue weighted by Crippen LogP contribution is 2.03. The predicted octanol–water partition coefficient (Wildman–Crippen LogP) is 0.958. The van der Waals surface area contributed by atoms with Gasteiger partial charge in [-0.1, -0.05) is 17.4 Å². The Bertz CT molecular complexity index is 301. The molecule has 1 rings (SSSR count). The van der Waals surface area contributed by atoms with Gasteiger partial charge in [0.05, 0.1) is 18.4 Å². The molecular weight excluding hydrogens is 176 g/mol. The van der Waals surface area contributed by atoms with E-state index in [1.165, 1.54) is 0 Å². The molecule has 1 heterocycles. The molecule has 0 bridgehead atoms. The molecule has 78 valence electrons. The van der Waals surface area contributed by atoms with E-state index in [-0.39, 0.29) is 0 Å². The monoisotopic (exact) mass is 194 g/mol. The maximum Gasteiger partial charge on any atom is 0.0728 e. The predicted molar refractivity (Wildman–Crippen MR) is 57.1 cm³/mol. The Morgan fingerprint density at radius 3 is 2.86 bits per heavy atom. The maximum atomic E-state index is 4.04. The van der Waals surface area contributed by atoms with Gasteiger partial charge in [-0.3, -0.25) is 0 Å². The fourth-order valence-electron chi connectivity index (χ4n) is 1.21. The molecule has 4 nitrogen and oxygen atoms in total. The van der Waals surface area contributed by atoms with Gasteiger partial charge < -0.3 is 4.90 Å². The summed E-state index contributed by atoms with van der Waals surface area (Å²) in [6.45, 7) is 7.77. The Hall–Kier alpha value is -1.16. The van der Waals surface area contributed by atoms with Crippen molar-refractivity contribution in [2.24, 2.45) is 0 Å². The molecule has 0 unspecified atom stereocenters. The van der Waals surface area contributed by atoms with Crippen LogP contribution in [-0.4, -0.2) is 40.5 Å². The van der Waals surface area contributed by atoms with Gasteiger partial charge in [0.15, 0.2) is 0 Å². The van der Waals surface area contributed by atoms with Crippen molar-refractivity contribution in [3.8, 4) is 0 Å². The van der Waals surface area contributed by atoms with E-state index in [9.17, 15) is 0 Å². The summed E-state index contributed by atoms with van der Waals surface area (Å²) in [4.78, 5) is 2.13. The quantitative estimate of drug-likeness (QED) is 0.655. The standard InChI is InChI=1S/C10H18N4/c1-9(2)7-10-8-11-12-14(10)6-5-13(3)4/h8H,1,5-7H2,2-4H3. The Kier molecular flexibility index (Phi) is 3.83. The second-order valence-corrected chi connectivity index (χ2v) is 3.89. The zero-order valence-electron chi connectivity index (χ0n) is 9.19. The van der Waals surface area contributed by atoms with Gasteiger partial charge in [0.25, 0.3) is 0 Å². The summed E-state index contributed by atoms with van der Waals surface area (Å²) in [6.07, 6.45) is 2.67. The average molecular weight is 194 g/mol. The van der Waals surface area contributed by atoms with Gasteiger partial charge in [-0.2, -0.15) is 0 Å². The van der Waals surface area contributed by atoms with E-state index in [1.54, 1.807) is 0 Å². The maximum absolute atomic E-state index is 4.04. The summed E-state index contributed by atoms with van der Waals surface area (Å²) in [5.74, 6) is 0. The number of hydrogen-bond donors (Lipinski definition) is 0. The fraction of sp³-hybridized carbons (Fsp3) is 0.600. The van der Waals surface area contributed by atoms with Crippen molar-refractivity contribution in [1.29, 1.82) is 0 Å². The van der Waals surface area contributed by atoms with Crippen molar-refractivity contribution >= 4 is 0 Å². The third-order valence-electron chi connectivity index (χ3n) is 1.94. The summed E-state index contributed by atoms with van der Waals surface area (Å²) in [5, 5.41) is 7.95. The van der Waals surface area contributed by atoms with Gasteiger partial charge in [0, 0.05) is 13.0 Å². The average Bonchev–Trinajstić information content (AvgIpc) is 2.47. The zero-order valence-corrected chi connectivity index (χ0v) is 9.19. The molecule has 14 heavy (non-hydrogen) atoms. The van der Waals surface area contributed by atoms with Gasteiger partial charge in [0.2, 0.25) is 0 Å². The van der Waals surface area contributed by atoms with E-state index in [2.05, 4.69) is 35.9 Å². The topological polar surface area (TPSA) is 34.0 Å². The molecule has 1 aromatic heterocycles. The number of nitrogens with zero attached hydrogens (tertiary/aromatic N) is 4. The minimum atomic E-state index is 0.862. The van der Waals surface area contributed by atoms with Gasteiger partial charge in [0.1, 0.15) is 0 Å². The zero-order chi connectivity index (χ0) is 10.6. The van der Waals surface area contributed by atoms with E-state index >= 15 is 0 Å². The highest BCUT2D eigenvalue weighted by Gasteiger charge is 2.03. The first-order chi connectivity index (χ1) is 6.59. The van der Waals surface area contributed by atoms with Crippen molar-refractivity contribution < 1.29 is 0 Å². The van der Waals surface area contributed by atoms with Crippen LogP contribution < -0.4 is 0 Å². The molecule has 0 radical (unpaired) electrons. The van der Waals surface area contributed by atoms with Crippen LogP contribution in [0.4, 0.5) is 0 Å². The van der Waals surface area contributed by atoms with Crippen LogP contribution in [-0.2, 0) is 13.0 Å². The number of hydrogen-bond acceptors (Lipinski definition) is 3. The minimum absolute atomic E-state index is 0.862. The van der Waals surface area contributed by atoms with E-state index in [0.29, 0.717) is 0 Å². The highest BCUT2D eigenvalue weighted by molar-refractivity contribution is 5.06. The molecule has 4 heteroatoms. The van der Waals surface area contributed by atoms with Gasteiger partial charge >= 0.3 is 0 Å². The number of rotatable bonds is 5. The molecule has 0 aliphatic heterocycles. The lowest BCUT2D eigenvalue weighted by atomic mass is 10.2. The van der Waals surface area contributed by atoms with Crippen LogP contribution in [0, 0.1) is 0 Å². The molecule has 0 amide bonds. The smallest absolute Gasteiger partial charge is 0.0728 e. The second-order valence-electron chi connectivity index (χ2n) is 3.89. The lowest BCUT2D eigenvalue weighted by molar-refractivity contribution is 0.367. The largest absolute Gasteiger partial charge is 0.308 e. The van der Waals surface area contributed by atoms with Crippen LogP contribution in [0.1, 0.15) is 12.6 Å². The summed E-state index contributed by atoms with van der Waals surface area (Å²) >= 11 is 0. The minimum Gasteiger partial charge on any atom is -0.308 e. The van der Waals surface area contributed by atoms with Gasteiger partial charge in [-0.25, -0.2) is 4.68 Å². The molecule has 0 aromatic carbocycles. The van der Waals surface area contributed by atoms with Crippen molar-refractivity contribution in [1.82, 2.24) is 19.9 Å². The summed E-state index contributed by atoms with van der Waals surface area (Å²) in [5.41, 5.74) is 2.28. The molecule has 1 aromatic rings. The molecule has 0 aliphatic rings. The van der Waals surface area contributed by atoms with Gasteiger partial charge in [-0.05, 0) is 21.0 Å². The van der Waals surface area contributed by atoms with Crippen LogP contribution in [0.15, 0.2) is 18.3 Å². The van der Waals surface area contributed by atoms with Crippen molar-refractivity contribution in [2.75, 3.05) is 20.6 Å². The Labute approximate surface area is 85.2 Å². The van der Waals surface area contributed by atoms with E-state index < -0.39 is 0 Å². The molecule has 0 spiro atoms. The fourth-order valence-corrected chi connectivity index (χ4v) is 1.21. The number of likely N-dealkylation sites (N-methyl/N-ethyl adjacent to an activating group) is 1. The van der Waals surface area contributed by atoms with Crippen molar-refractivity contribution in [3.63, 3.8) is 0 Å². The Morgan fingerprint density at radius 2 is 2.29 bits per heavy atom. The summed E-state index contributed by atoms with van der Waals surface area (Å²) in [7, 11) is 4.10. The van der Waals surface area contributed by atoms with Crippen LogP contribution >= 0.6 is 0 Å². The first-order valence-corrected chi connectivity index (χ1v) is 4.76. The molecule has 0 saturated carbocycles. The lowest BCUT2D eigenvalue weighted by Crippen LogP contribution is -2.20. The van der Waals surface area contributed by atoms with Crippen LogP contribution in [0.5, 0.6) is 0 Å². The lowest BCUT2D eigenvalue weighted by Gasteiger charge is -2.10.